The first kappa shape index (κ1) is 25.2. The third-order valence-corrected chi connectivity index (χ3v) is 6.38. The minimum atomic E-state index is -0.564. The highest BCUT2D eigenvalue weighted by atomic mass is 16.6. The summed E-state index contributed by atoms with van der Waals surface area (Å²) in [4.78, 5) is 38.7. The molecule has 1 aromatic heterocycles. The van der Waals surface area contributed by atoms with Crippen LogP contribution in [0, 0.1) is 0 Å². The molecule has 0 saturated carbocycles. The minimum Gasteiger partial charge on any atom is -0.444 e. The zero-order valence-corrected chi connectivity index (χ0v) is 21.6. The van der Waals surface area contributed by atoms with Crippen LogP contribution in [0.1, 0.15) is 32.0 Å². The molecule has 0 bridgehead atoms. The van der Waals surface area contributed by atoms with Crippen molar-refractivity contribution in [2.75, 3.05) is 56.3 Å². The number of urea groups is 1. The van der Waals surface area contributed by atoms with Gasteiger partial charge in [0, 0.05) is 36.4 Å². The molecule has 37 heavy (non-hydrogen) atoms. The van der Waals surface area contributed by atoms with E-state index in [0.29, 0.717) is 57.4 Å². The molecule has 0 radical (unpaired) electrons. The Bertz CT molecular complexity index is 1140. The number of carbonyl (C=O) groups is 2. The van der Waals surface area contributed by atoms with Crippen molar-refractivity contribution < 1.29 is 23.8 Å². The van der Waals surface area contributed by atoms with Gasteiger partial charge in [-0.25, -0.2) is 19.6 Å². The molecule has 0 spiro atoms. The molecule has 3 aliphatic rings. The van der Waals surface area contributed by atoms with Crippen LogP contribution >= 0.6 is 0 Å². The molecule has 1 aromatic carbocycles. The lowest BCUT2D eigenvalue weighted by molar-refractivity contribution is 0.000735. The monoisotopic (exact) mass is 510 g/mol. The largest absolute Gasteiger partial charge is 0.444 e. The van der Waals surface area contributed by atoms with Gasteiger partial charge in [-0.2, -0.15) is 0 Å². The van der Waals surface area contributed by atoms with Crippen LogP contribution in [0.2, 0.25) is 0 Å². The Hall–Kier alpha value is -3.44. The van der Waals surface area contributed by atoms with E-state index in [-0.39, 0.29) is 18.2 Å². The first-order chi connectivity index (χ1) is 17.7. The van der Waals surface area contributed by atoms with Crippen molar-refractivity contribution in [3.8, 4) is 11.4 Å². The van der Waals surface area contributed by atoms with Crippen LogP contribution in [0.5, 0.6) is 0 Å². The number of hydrogen-bond acceptors (Lipinski definition) is 8. The number of nitrogens with one attached hydrogen (secondary N) is 2. The normalized spacial score (nSPS) is 18.0. The molecule has 5 rings (SSSR count). The number of morpholine rings is 1. The summed E-state index contributed by atoms with van der Waals surface area (Å²) < 4.78 is 16.2. The van der Waals surface area contributed by atoms with Crippen LogP contribution in [0.25, 0.3) is 11.4 Å². The van der Waals surface area contributed by atoms with E-state index in [2.05, 4.69) is 15.5 Å². The predicted molar refractivity (Wildman–Crippen MR) is 138 cm³/mol. The van der Waals surface area contributed by atoms with Gasteiger partial charge in [-0.05, 0) is 51.5 Å². The minimum absolute atomic E-state index is 0.0574. The Kier molecular flexibility index (Phi) is 7.16. The molecule has 3 amide bonds. The van der Waals surface area contributed by atoms with Crippen molar-refractivity contribution in [1.29, 1.82) is 0 Å². The number of anilines is 2. The highest BCUT2D eigenvalue weighted by molar-refractivity contribution is 5.89. The van der Waals surface area contributed by atoms with Gasteiger partial charge in [-0.3, -0.25) is 0 Å². The van der Waals surface area contributed by atoms with Gasteiger partial charge in [0.05, 0.1) is 44.7 Å². The van der Waals surface area contributed by atoms with Gasteiger partial charge in [0.15, 0.2) is 5.82 Å². The Morgan fingerprint density at radius 1 is 1.03 bits per heavy atom. The third kappa shape index (κ3) is 6.11. The van der Waals surface area contributed by atoms with Crippen LogP contribution in [-0.4, -0.2) is 84.7 Å². The van der Waals surface area contributed by atoms with E-state index in [9.17, 15) is 9.59 Å². The highest BCUT2D eigenvalue weighted by Crippen LogP contribution is 2.31. The Labute approximate surface area is 216 Å². The molecule has 3 aliphatic heterocycles. The fraction of sp³-hybridized carbons (Fsp3) is 0.538. The van der Waals surface area contributed by atoms with E-state index < -0.39 is 5.60 Å². The van der Waals surface area contributed by atoms with Gasteiger partial charge >= 0.3 is 12.1 Å². The lowest BCUT2D eigenvalue weighted by Crippen LogP contribution is -2.49. The van der Waals surface area contributed by atoms with E-state index in [1.165, 1.54) is 0 Å². The van der Waals surface area contributed by atoms with Crippen LogP contribution < -0.4 is 15.5 Å². The van der Waals surface area contributed by atoms with E-state index in [4.69, 9.17) is 24.2 Å². The van der Waals surface area contributed by atoms with E-state index in [1.807, 2.05) is 45.0 Å². The first-order valence-electron chi connectivity index (χ1n) is 12.7. The van der Waals surface area contributed by atoms with Crippen molar-refractivity contribution in [3.63, 3.8) is 0 Å². The summed E-state index contributed by atoms with van der Waals surface area (Å²) in [6.07, 6.45) is 0.319. The third-order valence-electron chi connectivity index (χ3n) is 6.38. The molecule has 2 saturated heterocycles. The molecule has 2 aromatic rings. The van der Waals surface area contributed by atoms with Crippen molar-refractivity contribution in [2.24, 2.45) is 0 Å². The second kappa shape index (κ2) is 10.5. The average Bonchev–Trinajstić information content (AvgIpc) is 2.85. The molecule has 11 nitrogen and oxygen atoms in total. The van der Waals surface area contributed by atoms with Gasteiger partial charge < -0.3 is 34.6 Å². The number of fused-ring (bicyclic) bond motifs is 1. The summed E-state index contributed by atoms with van der Waals surface area (Å²) in [5, 5.41) is 5.70. The maximum atomic E-state index is 12.8. The SMILES string of the molecule is CC(C)(C)OC(=O)N1CCc2c(nc(-c3ccc(NC(=O)NC4COC4)cc3)nc2N2CCOCC2)C1. The predicted octanol–water partition coefficient (Wildman–Crippen LogP) is 2.79. The Balaban J connectivity index is 1.39. The number of carbonyl (C=O) groups excluding carboxylic acids is 2. The smallest absolute Gasteiger partial charge is 0.410 e. The van der Waals surface area contributed by atoms with E-state index in [1.54, 1.807) is 4.90 Å². The summed E-state index contributed by atoms with van der Waals surface area (Å²) in [6, 6.07) is 7.24. The number of aromatic nitrogens is 2. The average molecular weight is 511 g/mol. The maximum Gasteiger partial charge on any atom is 0.410 e. The number of amides is 3. The molecule has 0 unspecified atom stereocenters. The highest BCUT2D eigenvalue weighted by Gasteiger charge is 2.30. The van der Waals surface area contributed by atoms with E-state index in [0.717, 1.165) is 35.7 Å². The molecule has 4 heterocycles. The second-order valence-electron chi connectivity index (χ2n) is 10.5. The molecular formula is C26H34N6O5. The second-order valence-corrected chi connectivity index (χ2v) is 10.5. The Morgan fingerprint density at radius 2 is 1.76 bits per heavy atom. The van der Waals surface area contributed by atoms with Crippen molar-refractivity contribution >= 4 is 23.6 Å². The summed E-state index contributed by atoms with van der Waals surface area (Å²) in [5.74, 6) is 1.48. The fourth-order valence-electron chi connectivity index (χ4n) is 4.43. The maximum absolute atomic E-state index is 12.8. The fourth-order valence-corrected chi connectivity index (χ4v) is 4.43. The molecule has 198 valence electrons. The van der Waals surface area contributed by atoms with Gasteiger partial charge in [0.2, 0.25) is 0 Å². The quantitative estimate of drug-likeness (QED) is 0.645. The number of benzene rings is 1. The number of nitrogens with zero attached hydrogens (tertiary/aromatic N) is 4. The van der Waals surface area contributed by atoms with Gasteiger partial charge in [0.25, 0.3) is 0 Å². The summed E-state index contributed by atoms with van der Waals surface area (Å²) in [5.41, 5.74) is 2.83. The lowest BCUT2D eigenvalue weighted by Gasteiger charge is -2.34. The molecular weight excluding hydrogens is 476 g/mol. The van der Waals surface area contributed by atoms with Gasteiger partial charge in [-0.15, -0.1) is 0 Å². The number of hydrogen-bond donors (Lipinski definition) is 2. The number of ether oxygens (including phenoxy) is 3. The number of rotatable bonds is 4. The van der Waals surface area contributed by atoms with Crippen LogP contribution in [-0.2, 0) is 27.2 Å². The molecule has 0 aliphatic carbocycles. The standard InChI is InChI=1S/C26H34N6O5/c1-26(2,3)37-25(34)32-9-8-20-21(14-32)29-22(30-23(20)31-10-12-35-13-11-31)17-4-6-18(7-5-17)27-24(33)28-19-15-36-16-19/h4-7,19H,8-16H2,1-3H3,(H2,27,28,33). The zero-order chi connectivity index (χ0) is 26.0. The Morgan fingerprint density at radius 3 is 2.41 bits per heavy atom. The molecule has 0 atom stereocenters. The lowest BCUT2D eigenvalue weighted by atomic mass is 10.0. The summed E-state index contributed by atoms with van der Waals surface area (Å²) >= 11 is 0. The van der Waals surface area contributed by atoms with Crippen LogP contribution in [0.3, 0.4) is 0 Å². The van der Waals surface area contributed by atoms with Crippen LogP contribution in [0.4, 0.5) is 21.1 Å². The van der Waals surface area contributed by atoms with Crippen LogP contribution in [0.15, 0.2) is 24.3 Å². The first-order valence-corrected chi connectivity index (χ1v) is 12.7. The summed E-state index contributed by atoms with van der Waals surface area (Å²) in [6.45, 7) is 10.4. The summed E-state index contributed by atoms with van der Waals surface area (Å²) in [7, 11) is 0. The molecule has 2 fully saturated rings. The van der Waals surface area contributed by atoms with Crippen molar-refractivity contribution in [1.82, 2.24) is 20.2 Å². The van der Waals surface area contributed by atoms with Crippen molar-refractivity contribution in [3.05, 3.63) is 35.5 Å². The molecule has 2 N–H and O–H groups in total. The van der Waals surface area contributed by atoms with Crippen molar-refractivity contribution in [2.45, 2.75) is 45.4 Å². The van der Waals surface area contributed by atoms with E-state index >= 15 is 0 Å². The zero-order valence-electron chi connectivity index (χ0n) is 21.6. The van der Waals surface area contributed by atoms with Gasteiger partial charge in [0.1, 0.15) is 11.4 Å². The molecule has 11 heteroatoms. The topological polar surface area (TPSA) is 118 Å². The van der Waals surface area contributed by atoms with Gasteiger partial charge in [-0.1, -0.05) is 0 Å².